The zero-order valence-corrected chi connectivity index (χ0v) is 14.0. The largest absolute Gasteiger partial charge is 0.463 e. The van der Waals surface area contributed by atoms with Gasteiger partial charge >= 0.3 is 5.97 Å². The highest BCUT2D eigenvalue weighted by molar-refractivity contribution is 7.92. The molecule has 0 atom stereocenters. The van der Waals surface area contributed by atoms with E-state index in [0.29, 0.717) is 16.8 Å². The molecule has 0 bridgehead atoms. The molecule has 0 spiro atoms. The monoisotopic (exact) mass is 343 g/mol. The quantitative estimate of drug-likeness (QED) is 0.801. The minimum Gasteiger partial charge on any atom is -0.463 e. The summed E-state index contributed by atoms with van der Waals surface area (Å²) in [6.45, 7) is 1.91. The predicted molar refractivity (Wildman–Crippen MR) is 92.0 cm³/mol. The van der Waals surface area contributed by atoms with Crippen LogP contribution in [0.4, 0.5) is 5.69 Å². The van der Waals surface area contributed by atoms with Gasteiger partial charge in [-0.25, -0.2) is 13.2 Å². The van der Waals surface area contributed by atoms with Gasteiger partial charge in [-0.05, 0) is 36.8 Å². The highest BCUT2D eigenvalue weighted by Gasteiger charge is 2.31. The molecule has 24 heavy (non-hydrogen) atoms. The lowest BCUT2D eigenvalue weighted by Gasteiger charge is -2.29. The molecule has 2 aromatic carbocycles. The Morgan fingerprint density at radius 1 is 1.08 bits per heavy atom. The van der Waals surface area contributed by atoms with Crippen molar-refractivity contribution in [3.8, 4) is 0 Å². The molecule has 124 valence electrons. The summed E-state index contributed by atoms with van der Waals surface area (Å²) in [5.41, 5.74) is 1.54. The smallest absolute Gasteiger partial charge is 0.335 e. The van der Waals surface area contributed by atoms with Crippen molar-refractivity contribution in [1.29, 1.82) is 0 Å². The SMILES string of the molecule is CCOC(=O)C1=Cc2ccccc2N(S(=O)(=O)c2ccccc2)C1. The number of hydrogen-bond donors (Lipinski definition) is 0. The Balaban J connectivity index is 2.09. The van der Waals surface area contributed by atoms with Gasteiger partial charge in [0.05, 0.1) is 29.3 Å². The molecule has 0 aliphatic carbocycles. The number of hydrogen-bond acceptors (Lipinski definition) is 4. The number of fused-ring (bicyclic) bond motifs is 1. The van der Waals surface area contributed by atoms with Crippen molar-refractivity contribution in [2.24, 2.45) is 0 Å². The number of carbonyl (C=O) groups is 1. The van der Waals surface area contributed by atoms with Gasteiger partial charge in [0.2, 0.25) is 0 Å². The second-order valence-electron chi connectivity index (χ2n) is 5.27. The number of nitrogens with zero attached hydrogens (tertiary/aromatic N) is 1. The van der Waals surface area contributed by atoms with Crippen LogP contribution in [-0.4, -0.2) is 27.5 Å². The van der Waals surface area contributed by atoms with Crippen LogP contribution in [-0.2, 0) is 19.6 Å². The van der Waals surface area contributed by atoms with Gasteiger partial charge in [0.15, 0.2) is 0 Å². The van der Waals surface area contributed by atoms with Crippen LogP contribution in [0.3, 0.4) is 0 Å². The van der Waals surface area contributed by atoms with E-state index in [0.717, 1.165) is 0 Å². The molecular weight excluding hydrogens is 326 g/mol. The first-order chi connectivity index (χ1) is 11.5. The summed E-state index contributed by atoms with van der Waals surface area (Å²) < 4.78 is 32.3. The molecule has 0 unspecified atom stereocenters. The maximum Gasteiger partial charge on any atom is 0.335 e. The van der Waals surface area contributed by atoms with Crippen LogP contribution in [0.25, 0.3) is 6.08 Å². The molecule has 2 aromatic rings. The second kappa shape index (κ2) is 6.49. The van der Waals surface area contributed by atoms with E-state index in [1.807, 2.05) is 0 Å². The summed E-state index contributed by atoms with van der Waals surface area (Å²) in [5, 5.41) is 0. The Morgan fingerprint density at radius 2 is 1.75 bits per heavy atom. The number of esters is 1. The van der Waals surface area contributed by atoms with Gasteiger partial charge in [-0.2, -0.15) is 0 Å². The summed E-state index contributed by atoms with van der Waals surface area (Å²) in [5.74, 6) is -0.500. The Labute approximate surface area is 141 Å². The molecule has 0 fully saturated rings. The molecule has 0 saturated heterocycles. The average Bonchev–Trinajstić information content (AvgIpc) is 2.61. The maximum absolute atomic E-state index is 13.0. The number of sulfonamides is 1. The normalized spacial score (nSPS) is 13.9. The van der Waals surface area contributed by atoms with Crippen molar-refractivity contribution in [1.82, 2.24) is 0 Å². The fraction of sp³-hybridized carbons (Fsp3) is 0.167. The predicted octanol–water partition coefficient (Wildman–Crippen LogP) is 2.84. The first-order valence-corrected chi connectivity index (χ1v) is 9.02. The van der Waals surface area contributed by atoms with Crippen LogP contribution in [0.15, 0.2) is 65.1 Å². The maximum atomic E-state index is 13.0. The average molecular weight is 343 g/mol. The van der Waals surface area contributed by atoms with Gasteiger partial charge < -0.3 is 4.74 Å². The van der Waals surface area contributed by atoms with Crippen molar-refractivity contribution in [3.05, 3.63) is 65.7 Å². The third-order valence-electron chi connectivity index (χ3n) is 3.72. The van der Waals surface area contributed by atoms with Crippen molar-refractivity contribution >= 4 is 27.8 Å². The number of rotatable bonds is 4. The van der Waals surface area contributed by atoms with E-state index in [9.17, 15) is 13.2 Å². The summed E-state index contributed by atoms with van der Waals surface area (Å²) in [6, 6.07) is 15.3. The van der Waals surface area contributed by atoms with Crippen molar-refractivity contribution < 1.29 is 17.9 Å². The summed E-state index contributed by atoms with van der Waals surface area (Å²) in [7, 11) is -3.77. The first kappa shape index (κ1) is 16.3. The van der Waals surface area contributed by atoms with E-state index in [-0.39, 0.29) is 18.0 Å². The molecule has 0 amide bonds. The minimum atomic E-state index is -3.77. The van der Waals surface area contributed by atoms with Crippen molar-refractivity contribution in [2.75, 3.05) is 17.5 Å². The molecule has 1 aliphatic rings. The first-order valence-electron chi connectivity index (χ1n) is 7.58. The highest BCUT2D eigenvalue weighted by Crippen LogP contribution is 2.33. The molecule has 1 aliphatic heterocycles. The fourth-order valence-corrected chi connectivity index (χ4v) is 4.08. The number of anilines is 1. The Morgan fingerprint density at radius 3 is 2.46 bits per heavy atom. The molecule has 0 radical (unpaired) electrons. The topological polar surface area (TPSA) is 63.7 Å². The number of para-hydroxylation sites is 1. The van der Waals surface area contributed by atoms with Crippen LogP contribution < -0.4 is 4.31 Å². The molecule has 0 saturated carbocycles. The third-order valence-corrected chi connectivity index (χ3v) is 5.49. The Kier molecular flexibility index (Phi) is 4.40. The standard InChI is InChI=1S/C18H17NO4S/c1-2-23-18(20)15-12-14-8-6-7-11-17(14)19(13-15)24(21,22)16-9-4-3-5-10-16/h3-12H,2,13H2,1H3. The number of carbonyl (C=O) groups excluding carboxylic acids is 1. The lowest BCUT2D eigenvalue weighted by atomic mass is 10.0. The van der Waals surface area contributed by atoms with E-state index in [1.165, 1.54) is 4.31 Å². The lowest BCUT2D eigenvalue weighted by Crippen LogP contribution is -2.37. The van der Waals surface area contributed by atoms with Gasteiger partial charge in [0.25, 0.3) is 10.0 Å². The fourth-order valence-electron chi connectivity index (χ4n) is 2.59. The van der Waals surface area contributed by atoms with E-state index >= 15 is 0 Å². The third kappa shape index (κ3) is 2.92. The van der Waals surface area contributed by atoms with Gasteiger partial charge in [-0.1, -0.05) is 36.4 Å². The van der Waals surface area contributed by atoms with Crippen molar-refractivity contribution in [2.45, 2.75) is 11.8 Å². The number of benzene rings is 2. The summed E-state index contributed by atoms with van der Waals surface area (Å²) >= 11 is 0. The van der Waals surface area contributed by atoms with Crippen molar-refractivity contribution in [3.63, 3.8) is 0 Å². The van der Waals surface area contributed by atoms with E-state index in [2.05, 4.69) is 0 Å². The van der Waals surface area contributed by atoms with Crippen LogP contribution in [0, 0.1) is 0 Å². The van der Waals surface area contributed by atoms with E-state index in [4.69, 9.17) is 4.74 Å². The van der Waals surface area contributed by atoms with Gasteiger partial charge in [0.1, 0.15) is 0 Å². The van der Waals surface area contributed by atoms with E-state index < -0.39 is 16.0 Å². The van der Waals surface area contributed by atoms with Crippen LogP contribution in [0.2, 0.25) is 0 Å². The van der Waals surface area contributed by atoms with Crippen LogP contribution >= 0.6 is 0 Å². The van der Waals surface area contributed by atoms with Gasteiger partial charge in [-0.3, -0.25) is 4.31 Å². The zero-order chi connectivity index (χ0) is 17.2. The summed E-state index contributed by atoms with van der Waals surface area (Å²) in [6.07, 6.45) is 1.68. The molecule has 3 rings (SSSR count). The van der Waals surface area contributed by atoms with Gasteiger partial charge in [-0.15, -0.1) is 0 Å². The van der Waals surface area contributed by atoms with Crippen LogP contribution in [0.5, 0.6) is 0 Å². The highest BCUT2D eigenvalue weighted by atomic mass is 32.2. The number of ether oxygens (including phenoxy) is 1. The van der Waals surface area contributed by atoms with Gasteiger partial charge in [0, 0.05) is 0 Å². The molecule has 0 N–H and O–H groups in total. The Bertz CT molecular complexity index is 888. The second-order valence-corrected chi connectivity index (χ2v) is 7.14. The molecular formula is C18H17NO4S. The lowest BCUT2D eigenvalue weighted by molar-refractivity contribution is -0.138. The molecule has 0 aromatic heterocycles. The molecule has 6 heteroatoms. The molecule has 5 nitrogen and oxygen atoms in total. The Hall–Kier alpha value is -2.60. The molecule has 1 heterocycles. The zero-order valence-electron chi connectivity index (χ0n) is 13.2. The minimum absolute atomic E-state index is 0.0485. The van der Waals surface area contributed by atoms with Crippen LogP contribution in [0.1, 0.15) is 12.5 Å². The van der Waals surface area contributed by atoms with E-state index in [1.54, 1.807) is 67.6 Å². The summed E-state index contributed by atoms with van der Waals surface area (Å²) in [4.78, 5) is 12.3.